The molecule has 0 spiro atoms. The van der Waals surface area contributed by atoms with Crippen LogP contribution in [0.25, 0.3) is 0 Å². The quantitative estimate of drug-likeness (QED) is 0.659. The zero-order chi connectivity index (χ0) is 19.1. The Bertz CT molecular complexity index is 773. The van der Waals surface area contributed by atoms with Gasteiger partial charge in [-0.3, -0.25) is 9.59 Å². The number of halogens is 1. The summed E-state index contributed by atoms with van der Waals surface area (Å²) in [7, 11) is 0. The van der Waals surface area contributed by atoms with Gasteiger partial charge in [0.15, 0.2) is 0 Å². The third kappa shape index (κ3) is 6.08. The van der Waals surface area contributed by atoms with Crippen LogP contribution in [0.2, 0.25) is 5.02 Å². The Morgan fingerprint density at radius 3 is 2.27 bits per heavy atom. The van der Waals surface area contributed by atoms with Gasteiger partial charge in [0.1, 0.15) is 0 Å². The number of amides is 2. The molecule has 0 aliphatic carbocycles. The lowest BCUT2D eigenvalue weighted by atomic mass is 10.1. The predicted molar refractivity (Wildman–Crippen MR) is 108 cm³/mol. The van der Waals surface area contributed by atoms with E-state index in [2.05, 4.69) is 16.0 Å². The molecule has 2 amide bonds. The van der Waals surface area contributed by atoms with Crippen molar-refractivity contribution in [2.45, 2.75) is 27.2 Å². The maximum Gasteiger partial charge on any atom is 0.243 e. The number of benzene rings is 2. The minimum absolute atomic E-state index is 0.00280. The highest BCUT2D eigenvalue weighted by atomic mass is 35.5. The van der Waals surface area contributed by atoms with Crippen LogP contribution in [-0.2, 0) is 9.59 Å². The minimum Gasteiger partial charge on any atom is -0.376 e. The molecular weight excluding hydrogens is 350 g/mol. The van der Waals surface area contributed by atoms with E-state index in [1.54, 1.807) is 24.3 Å². The third-order valence-electron chi connectivity index (χ3n) is 3.76. The second kappa shape index (κ2) is 9.25. The minimum atomic E-state index is -0.162. The lowest BCUT2D eigenvalue weighted by molar-refractivity contribution is -0.117. The third-order valence-corrected chi connectivity index (χ3v) is 4.17. The van der Waals surface area contributed by atoms with Crippen LogP contribution in [0.5, 0.6) is 0 Å². The Hall–Kier alpha value is -2.53. The summed E-state index contributed by atoms with van der Waals surface area (Å²) in [6.45, 7) is 5.99. The molecule has 0 unspecified atom stereocenters. The molecule has 0 bridgehead atoms. The predicted octanol–water partition coefficient (Wildman–Crippen LogP) is 4.68. The average Bonchev–Trinajstić information content (AvgIpc) is 2.57. The molecule has 2 rings (SSSR count). The summed E-state index contributed by atoms with van der Waals surface area (Å²) in [5, 5.41) is 9.36. The molecule has 0 saturated heterocycles. The molecule has 6 heteroatoms. The van der Waals surface area contributed by atoms with Gasteiger partial charge in [-0.2, -0.15) is 0 Å². The summed E-state index contributed by atoms with van der Waals surface area (Å²) in [6.07, 6.45) is 0.489. The van der Waals surface area contributed by atoms with Crippen molar-refractivity contribution in [3.8, 4) is 0 Å². The van der Waals surface area contributed by atoms with E-state index in [-0.39, 0.29) is 18.4 Å². The Kier molecular flexibility index (Phi) is 7.04. The second-order valence-electron chi connectivity index (χ2n) is 6.54. The van der Waals surface area contributed by atoms with Crippen LogP contribution >= 0.6 is 11.6 Å². The van der Waals surface area contributed by atoms with Gasteiger partial charge in [-0.05, 0) is 54.8 Å². The normalized spacial score (nSPS) is 10.5. The van der Waals surface area contributed by atoms with Crippen molar-refractivity contribution in [2.24, 2.45) is 5.92 Å². The Morgan fingerprint density at radius 2 is 1.62 bits per heavy atom. The standard InChI is InChI=1S/C20H24ClN3O2/c1-13(2)11-19(25)23-16-9-7-15(8-10-16)22-12-20(26)24-18-6-4-5-17(21)14(18)3/h4-10,13,22H,11-12H2,1-3H3,(H,23,25)(H,24,26). The fraction of sp³-hybridized carbons (Fsp3) is 0.300. The molecule has 0 fully saturated rings. The number of carbonyl (C=O) groups excluding carboxylic acids is 2. The number of nitrogens with one attached hydrogen (secondary N) is 3. The molecule has 138 valence electrons. The van der Waals surface area contributed by atoms with Crippen molar-refractivity contribution in [3.05, 3.63) is 53.1 Å². The van der Waals surface area contributed by atoms with Crippen molar-refractivity contribution in [3.63, 3.8) is 0 Å². The summed E-state index contributed by atoms with van der Waals surface area (Å²) in [4.78, 5) is 23.8. The van der Waals surface area contributed by atoms with Crippen LogP contribution in [0.15, 0.2) is 42.5 Å². The van der Waals surface area contributed by atoms with Crippen LogP contribution in [0.4, 0.5) is 17.1 Å². The number of hydrogen-bond donors (Lipinski definition) is 3. The lowest BCUT2D eigenvalue weighted by Gasteiger charge is -2.11. The summed E-state index contributed by atoms with van der Waals surface area (Å²) in [6, 6.07) is 12.6. The van der Waals surface area contributed by atoms with Crippen LogP contribution in [0.1, 0.15) is 25.8 Å². The van der Waals surface area contributed by atoms with Gasteiger partial charge in [0.25, 0.3) is 0 Å². The smallest absolute Gasteiger partial charge is 0.243 e. The molecule has 0 atom stereocenters. The van der Waals surface area contributed by atoms with E-state index < -0.39 is 0 Å². The number of anilines is 3. The van der Waals surface area contributed by atoms with Crippen molar-refractivity contribution in [1.29, 1.82) is 0 Å². The number of rotatable bonds is 7. The second-order valence-corrected chi connectivity index (χ2v) is 6.94. The highest BCUT2D eigenvalue weighted by Crippen LogP contribution is 2.22. The van der Waals surface area contributed by atoms with Crippen LogP contribution in [0, 0.1) is 12.8 Å². The molecular formula is C20H24ClN3O2. The number of carbonyl (C=O) groups is 2. The van der Waals surface area contributed by atoms with Gasteiger partial charge < -0.3 is 16.0 Å². The SMILES string of the molecule is Cc1c(Cl)cccc1NC(=O)CNc1ccc(NC(=O)CC(C)C)cc1. The molecule has 0 aliphatic rings. The number of hydrogen-bond acceptors (Lipinski definition) is 3. The first-order chi connectivity index (χ1) is 12.3. The van der Waals surface area contributed by atoms with Crippen LogP contribution in [-0.4, -0.2) is 18.4 Å². The molecule has 0 radical (unpaired) electrons. The van der Waals surface area contributed by atoms with Crippen molar-refractivity contribution in [1.82, 2.24) is 0 Å². The van der Waals surface area contributed by atoms with Gasteiger partial charge in [0.05, 0.1) is 6.54 Å². The highest BCUT2D eigenvalue weighted by Gasteiger charge is 2.07. The largest absolute Gasteiger partial charge is 0.376 e. The van der Waals surface area contributed by atoms with Gasteiger partial charge in [-0.15, -0.1) is 0 Å². The Balaban J connectivity index is 1.84. The molecule has 26 heavy (non-hydrogen) atoms. The maximum absolute atomic E-state index is 12.1. The molecule has 0 aromatic heterocycles. The first-order valence-electron chi connectivity index (χ1n) is 8.54. The van der Waals surface area contributed by atoms with Gasteiger partial charge in [-0.25, -0.2) is 0 Å². The van der Waals surface area contributed by atoms with E-state index >= 15 is 0 Å². The van der Waals surface area contributed by atoms with E-state index in [0.29, 0.717) is 23.0 Å². The fourth-order valence-electron chi connectivity index (χ4n) is 2.37. The zero-order valence-electron chi connectivity index (χ0n) is 15.2. The molecule has 0 aliphatic heterocycles. The average molecular weight is 374 g/mol. The van der Waals surface area contributed by atoms with E-state index in [4.69, 9.17) is 11.6 Å². The van der Waals surface area contributed by atoms with Crippen molar-refractivity contribution < 1.29 is 9.59 Å². The van der Waals surface area contributed by atoms with Gasteiger partial charge >= 0.3 is 0 Å². The molecule has 0 saturated carbocycles. The molecule has 3 N–H and O–H groups in total. The van der Waals surface area contributed by atoms with Crippen LogP contribution < -0.4 is 16.0 Å². The first-order valence-corrected chi connectivity index (χ1v) is 8.91. The van der Waals surface area contributed by atoms with E-state index in [9.17, 15) is 9.59 Å². The van der Waals surface area contributed by atoms with E-state index in [1.807, 2.05) is 39.0 Å². The van der Waals surface area contributed by atoms with Gasteiger partial charge in [0, 0.05) is 28.5 Å². The van der Waals surface area contributed by atoms with Gasteiger partial charge in [-0.1, -0.05) is 31.5 Å². The Morgan fingerprint density at radius 1 is 0.962 bits per heavy atom. The summed E-state index contributed by atoms with van der Waals surface area (Å²) >= 11 is 6.05. The first kappa shape index (κ1) is 19.8. The monoisotopic (exact) mass is 373 g/mol. The summed E-state index contributed by atoms with van der Waals surface area (Å²) in [5.41, 5.74) is 3.07. The highest BCUT2D eigenvalue weighted by molar-refractivity contribution is 6.31. The molecule has 5 nitrogen and oxygen atoms in total. The van der Waals surface area contributed by atoms with E-state index in [1.165, 1.54) is 0 Å². The summed E-state index contributed by atoms with van der Waals surface area (Å²) in [5.74, 6) is 0.152. The van der Waals surface area contributed by atoms with Crippen LogP contribution in [0.3, 0.4) is 0 Å². The summed E-state index contributed by atoms with van der Waals surface area (Å²) < 4.78 is 0. The zero-order valence-corrected chi connectivity index (χ0v) is 16.0. The molecule has 2 aromatic rings. The fourth-order valence-corrected chi connectivity index (χ4v) is 2.55. The van der Waals surface area contributed by atoms with Gasteiger partial charge in [0.2, 0.25) is 11.8 Å². The maximum atomic E-state index is 12.1. The topological polar surface area (TPSA) is 70.2 Å². The molecule has 0 heterocycles. The molecule has 2 aromatic carbocycles. The van der Waals surface area contributed by atoms with E-state index in [0.717, 1.165) is 16.9 Å². The lowest BCUT2D eigenvalue weighted by Crippen LogP contribution is -2.22. The van der Waals surface area contributed by atoms with Crippen molar-refractivity contribution >= 4 is 40.5 Å². The Labute approximate surface area is 159 Å². The van der Waals surface area contributed by atoms with Crippen molar-refractivity contribution in [2.75, 3.05) is 22.5 Å².